The lowest BCUT2D eigenvalue weighted by molar-refractivity contribution is 0.259. The van der Waals surface area contributed by atoms with Crippen LogP contribution in [0, 0.1) is 0 Å². The van der Waals surface area contributed by atoms with Crippen LogP contribution in [0.4, 0.5) is 0 Å². The molecule has 1 saturated heterocycles. The van der Waals surface area contributed by atoms with Crippen molar-refractivity contribution in [2.45, 2.75) is 18.9 Å². The van der Waals surface area contributed by atoms with Gasteiger partial charge in [-0.1, -0.05) is 23.8 Å². The smallest absolute Gasteiger partial charge is 0.193 e. The summed E-state index contributed by atoms with van der Waals surface area (Å²) >= 11 is 6.14. The highest BCUT2D eigenvalue weighted by atomic mass is 35.5. The van der Waals surface area contributed by atoms with Crippen LogP contribution in [0.1, 0.15) is 12.0 Å². The van der Waals surface area contributed by atoms with Gasteiger partial charge in [-0.3, -0.25) is 9.89 Å². The summed E-state index contributed by atoms with van der Waals surface area (Å²) in [6, 6.07) is 6.63. The van der Waals surface area contributed by atoms with Crippen LogP contribution in [0.2, 0.25) is 5.02 Å². The van der Waals surface area contributed by atoms with E-state index in [1.54, 1.807) is 0 Å². The second kappa shape index (κ2) is 7.72. The van der Waals surface area contributed by atoms with Crippen LogP contribution in [-0.4, -0.2) is 66.6 Å². The van der Waals surface area contributed by atoms with Crippen molar-refractivity contribution in [2.75, 3.05) is 39.8 Å². The lowest BCUT2D eigenvalue weighted by Crippen LogP contribution is -2.43. The van der Waals surface area contributed by atoms with E-state index in [9.17, 15) is 0 Å². The van der Waals surface area contributed by atoms with Crippen molar-refractivity contribution >= 4 is 28.5 Å². The van der Waals surface area contributed by atoms with Crippen molar-refractivity contribution in [3.8, 4) is 0 Å². The third-order valence-electron chi connectivity index (χ3n) is 5.44. The van der Waals surface area contributed by atoms with Crippen molar-refractivity contribution in [3.63, 3.8) is 0 Å². The molecule has 138 valence electrons. The number of fused-ring (bicyclic) bond motifs is 1. The summed E-state index contributed by atoms with van der Waals surface area (Å²) in [5.74, 6) is 1.01. The Labute approximate surface area is 159 Å². The van der Waals surface area contributed by atoms with E-state index in [1.807, 2.05) is 25.2 Å². The van der Waals surface area contributed by atoms with Gasteiger partial charge in [0.2, 0.25) is 0 Å². The minimum Gasteiger partial charge on any atom is -0.361 e. The van der Waals surface area contributed by atoms with Gasteiger partial charge in [-0.05, 0) is 36.6 Å². The van der Waals surface area contributed by atoms with Crippen molar-refractivity contribution in [1.29, 1.82) is 0 Å². The molecule has 1 atom stereocenters. The summed E-state index contributed by atoms with van der Waals surface area (Å²) in [5, 5.41) is 5.52. The fourth-order valence-electron chi connectivity index (χ4n) is 4.02. The number of aromatic nitrogens is 1. The van der Waals surface area contributed by atoms with Gasteiger partial charge < -0.3 is 15.2 Å². The number of likely N-dealkylation sites (tertiary alicyclic amines) is 1. The number of aromatic amines is 1. The number of aliphatic imine (C=N–C) groups is 1. The van der Waals surface area contributed by atoms with Crippen molar-refractivity contribution in [3.05, 3.63) is 47.1 Å². The van der Waals surface area contributed by atoms with Gasteiger partial charge in [0.05, 0.1) is 0 Å². The van der Waals surface area contributed by atoms with Gasteiger partial charge in [0.15, 0.2) is 5.96 Å². The molecule has 1 aromatic carbocycles. The monoisotopic (exact) mass is 371 g/mol. The standard InChI is InChI=1S/C20H26ClN5/c1-22-20(26-11-7-17(14-26)25-9-2-3-10-25)23-8-6-15-13-24-19-5-4-16(21)12-18(15)19/h2-5,12-13,17,24H,6-11,14H2,1H3,(H,22,23). The van der Waals surface area contributed by atoms with Crippen molar-refractivity contribution in [2.24, 2.45) is 4.99 Å². The molecule has 1 unspecified atom stereocenters. The van der Waals surface area contributed by atoms with Crippen molar-refractivity contribution in [1.82, 2.24) is 20.1 Å². The fourth-order valence-corrected chi connectivity index (χ4v) is 4.20. The van der Waals surface area contributed by atoms with Gasteiger partial charge in [-0.2, -0.15) is 0 Å². The third-order valence-corrected chi connectivity index (χ3v) is 5.68. The van der Waals surface area contributed by atoms with Crippen LogP contribution < -0.4 is 5.32 Å². The average Bonchev–Trinajstić information content (AvgIpc) is 3.39. The number of halogens is 1. The number of rotatable bonds is 4. The summed E-state index contributed by atoms with van der Waals surface area (Å²) in [4.78, 5) is 12.7. The first kappa shape index (κ1) is 17.4. The topological polar surface area (TPSA) is 46.7 Å². The number of nitrogens with one attached hydrogen (secondary N) is 2. The molecule has 26 heavy (non-hydrogen) atoms. The summed E-state index contributed by atoms with van der Waals surface area (Å²) < 4.78 is 0. The van der Waals surface area contributed by atoms with Crippen LogP contribution >= 0.6 is 11.6 Å². The van der Waals surface area contributed by atoms with Crippen LogP contribution in [0.3, 0.4) is 0 Å². The molecule has 2 aliphatic rings. The Kier molecular flexibility index (Phi) is 5.18. The number of guanidine groups is 1. The van der Waals surface area contributed by atoms with E-state index in [0.29, 0.717) is 6.04 Å². The summed E-state index contributed by atoms with van der Waals surface area (Å²) in [6.07, 6.45) is 8.76. The number of H-pyrrole nitrogens is 1. The summed E-state index contributed by atoms with van der Waals surface area (Å²) in [5.41, 5.74) is 2.42. The van der Waals surface area contributed by atoms with Crippen molar-refractivity contribution < 1.29 is 0 Å². The maximum atomic E-state index is 6.14. The molecule has 2 aliphatic heterocycles. The molecule has 0 spiro atoms. The van der Waals surface area contributed by atoms with Crippen LogP contribution in [-0.2, 0) is 6.42 Å². The molecule has 4 rings (SSSR count). The van der Waals surface area contributed by atoms with Gasteiger partial charge >= 0.3 is 0 Å². The number of hydrogen-bond donors (Lipinski definition) is 2. The van der Waals surface area contributed by atoms with E-state index in [2.05, 4.69) is 43.4 Å². The van der Waals surface area contributed by atoms with Crippen LogP contribution in [0.25, 0.3) is 10.9 Å². The minimum atomic E-state index is 0.638. The largest absolute Gasteiger partial charge is 0.361 e. The zero-order valence-electron chi connectivity index (χ0n) is 15.2. The Hall–Kier alpha value is -1.98. The molecule has 0 amide bonds. The van der Waals surface area contributed by atoms with E-state index >= 15 is 0 Å². The minimum absolute atomic E-state index is 0.638. The second-order valence-electron chi connectivity index (χ2n) is 7.04. The lowest BCUT2D eigenvalue weighted by Gasteiger charge is -2.25. The first-order valence-electron chi connectivity index (χ1n) is 9.35. The molecule has 0 saturated carbocycles. The van der Waals surface area contributed by atoms with E-state index in [4.69, 9.17) is 11.6 Å². The van der Waals surface area contributed by atoms with Crippen LogP contribution in [0.5, 0.6) is 0 Å². The molecule has 1 fully saturated rings. The molecule has 2 N–H and O–H groups in total. The third kappa shape index (κ3) is 3.60. The predicted octanol–water partition coefficient (Wildman–Crippen LogP) is 2.89. The Morgan fingerprint density at radius 3 is 3.00 bits per heavy atom. The first-order valence-corrected chi connectivity index (χ1v) is 9.72. The molecular formula is C20H26ClN5. The quantitative estimate of drug-likeness (QED) is 0.493. The Morgan fingerprint density at radius 2 is 2.19 bits per heavy atom. The molecule has 2 aromatic rings. The van der Waals surface area contributed by atoms with Gasteiger partial charge in [0, 0.05) is 67.9 Å². The van der Waals surface area contributed by atoms with Gasteiger partial charge in [0.25, 0.3) is 0 Å². The zero-order chi connectivity index (χ0) is 17.9. The molecule has 0 bridgehead atoms. The van der Waals surface area contributed by atoms with Gasteiger partial charge in [-0.25, -0.2) is 0 Å². The molecule has 0 radical (unpaired) electrons. The van der Waals surface area contributed by atoms with E-state index in [1.165, 1.54) is 17.4 Å². The SMILES string of the molecule is CN=C(NCCc1c[nH]c2ccc(Cl)cc12)N1CCC(N2CC=CC2)C1. The Bertz CT molecular complexity index is 817. The highest BCUT2D eigenvalue weighted by Crippen LogP contribution is 2.22. The number of hydrogen-bond acceptors (Lipinski definition) is 2. The fraction of sp³-hybridized carbons (Fsp3) is 0.450. The van der Waals surface area contributed by atoms with E-state index in [0.717, 1.165) is 55.6 Å². The highest BCUT2D eigenvalue weighted by Gasteiger charge is 2.29. The Balaban J connectivity index is 1.32. The second-order valence-corrected chi connectivity index (χ2v) is 7.48. The van der Waals surface area contributed by atoms with Gasteiger partial charge in [0.1, 0.15) is 0 Å². The molecule has 0 aliphatic carbocycles. The molecular weight excluding hydrogens is 346 g/mol. The number of nitrogens with zero attached hydrogens (tertiary/aromatic N) is 3. The first-order chi connectivity index (χ1) is 12.7. The average molecular weight is 372 g/mol. The van der Waals surface area contributed by atoms with E-state index < -0.39 is 0 Å². The highest BCUT2D eigenvalue weighted by molar-refractivity contribution is 6.31. The molecule has 1 aromatic heterocycles. The lowest BCUT2D eigenvalue weighted by atomic mass is 10.1. The van der Waals surface area contributed by atoms with Gasteiger partial charge in [-0.15, -0.1) is 0 Å². The summed E-state index contributed by atoms with van der Waals surface area (Å²) in [6.45, 7) is 5.17. The summed E-state index contributed by atoms with van der Waals surface area (Å²) in [7, 11) is 1.87. The van der Waals surface area contributed by atoms with E-state index in [-0.39, 0.29) is 0 Å². The maximum Gasteiger partial charge on any atom is 0.193 e. The molecule has 6 heteroatoms. The Morgan fingerprint density at radius 1 is 1.35 bits per heavy atom. The normalized spacial score (nSPS) is 21.2. The predicted molar refractivity (Wildman–Crippen MR) is 109 cm³/mol. The molecule has 3 heterocycles. The zero-order valence-corrected chi connectivity index (χ0v) is 16.0. The number of benzene rings is 1. The maximum absolute atomic E-state index is 6.14. The van der Waals surface area contributed by atoms with Crippen LogP contribution in [0.15, 0.2) is 41.5 Å². The molecule has 5 nitrogen and oxygen atoms in total.